The Hall–Kier alpha value is -1.81. The number of esters is 1. The summed E-state index contributed by atoms with van der Waals surface area (Å²) >= 11 is 0. The molecular formula is C20H26O4. The molecule has 1 saturated carbocycles. The summed E-state index contributed by atoms with van der Waals surface area (Å²) in [4.78, 5) is 12.7. The fourth-order valence-electron chi connectivity index (χ4n) is 4.13. The highest BCUT2D eigenvalue weighted by atomic mass is 16.6. The van der Waals surface area contributed by atoms with Crippen molar-refractivity contribution in [1.29, 1.82) is 0 Å². The molecule has 24 heavy (non-hydrogen) atoms. The molecule has 0 saturated heterocycles. The Balaban J connectivity index is 2.07. The third-order valence-electron chi connectivity index (χ3n) is 5.01. The Morgan fingerprint density at radius 2 is 1.92 bits per heavy atom. The predicted molar refractivity (Wildman–Crippen MR) is 91.6 cm³/mol. The third kappa shape index (κ3) is 3.07. The highest BCUT2D eigenvalue weighted by molar-refractivity contribution is 5.90. The van der Waals surface area contributed by atoms with Gasteiger partial charge in [0.2, 0.25) is 0 Å². The zero-order valence-electron chi connectivity index (χ0n) is 14.6. The van der Waals surface area contributed by atoms with E-state index in [1.54, 1.807) is 0 Å². The van der Waals surface area contributed by atoms with Gasteiger partial charge in [0.05, 0.1) is 17.1 Å². The van der Waals surface area contributed by atoms with Crippen LogP contribution in [0.5, 0.6) is 0 Å². The summed E-state index contributed by atoms with van der Waals surface area (Å²) < 4.78 is 5.52. The van der Waals surface area contributed by atoms with Crippen LogP contribution in [0.2, 0.25) is 0 Å². The van der Waals surface area contributed by atoms with Crippen LogP contribution in [0.3, 0.4) is 0 Å². The molecule has 130 valence electrons. The number of aliphatic hydroxyl groups is 2. The zero-order valence-corrected chi connectivity index (χ0v) is 14.6. The number of hydrogen-bond donors (Lipinski definition) is 2. The normalized spacial score (nSPS) is 30.2. The Kier molecular flexibility index (Phi) is 4.20. The molecule has 4 heteroatoms. The molecule has 3 rings (SSSR count). The van der Waals surface area contributed by atoms with Gasteiger partial charge in [-0.05, 0) is 57.9 Å². The molecule has 2 bridgehead atoms. The van der Waals surface area contributed by atoms with Gasteiger partial charge >= 0.3 is 5.97 Å². The standard InChI is InChI=1S/C20H26O4/c1-19(2,3)24-18(22)15-14-10-7-11-20(23,12-14)16(17(15)21)13-8-5-4-6-9-13/h4-6,8-9,14,16,21,23H,7,10-12H2,1-3H3/t14-,16-,20-/m1/s1. The first-order valence-electron chi connectivity index (χ1n) is 8.65. The average molecular weight is 330 g/mol. The maximum Gasteiger partial charge on any atom is 0.338 e. The smallest absolute Gasteiger partial charge is 0.338 e. The van der Waals surface area contributed by atoms with Crippen molar-refractivity contribution < 1.29 is 19.7 Å². The van der Waals surface area contributed by atoms with E-state index in [1.807, 2.05) is 51.1 Å². The van der Waals surface area contributed by atoms with Crippen LogP contribution in [-0.4, -0.2) is 27.4 Å². The highest BCUT2D eigenvalue weighted by Crippen LogP contribution is 2.52. The second-order valence-corrected chi connectivity index (χ2v) is 8.04. The van der Waals surface area contributed by atoms with E-state index < -0.39 is 23.1 Å². The summed E-state index contributed by atoms with van der Waals surface area (Å²) in [6.07, 6.45) is 2.76. The Bertz CT molecular complexity index is 656. The van der Waals surface area contributed by atoms with Crippen molar-refractivity contribution in [3.8, 4) is 0 Å². The Labute approximate surface area is 143 Å². The molecular weight excluding hydrogens is 304 g/mol. The van der Waals surface area contributed by atoms with Gasteiger partial charge in [-0.1, -0.05) is 30.3 Å². The largest absolute Gasteiger partial charge is 0.511 e. The fourth-order valence-corrected chi connectivity index (χ4v) is 4.13. The summed E-state index contributed by atoms with van der Waals surface area (Å²) in [7, 11) is 0. The third-order valence-corrected chi connectivity index (χ3v) is 5.01. The minimum absolute atomic E-state index is 0.0195. The minimum atomic E-state index is -1.00. The lowest BCUT2D eigenvalue weighted by Gasteiger charge is -2.47. The highest BCUT2D eigenvalue weighted by Gasteiger charge is 2.51. The van der Waals surface area contributed by atoms with E-state index in [4.69, 9.17) is 4.74 Å². The van der Waals surface area contributed by atoms with E-state index in [1.165, 1.54) is 0 Å². The van der Waals surface area contributed by atoms with Crippen LogP contribution in [0.1, 0.15) is 57.9 Å². The summed E-state index contributed by atoms with van der Waals surface area (Å²) in [6.45, 7) is 5.45. The molecule has 0 aliphatic heterocycles. The number of benzene rings is 1. The van der Waals surface area contributed by atoms with Crippen molar-refractivity contribution in [1.82, 2.24) is 0 Å². The predicted octanol–water partition coefficient (Wildman–Crippen LogP) is 3.86. The summed E-state index contributed by atoms with van der Waals surface area (Å²) in [6, 6.07) is 9.44. The number of aliphatic hydroxyl groups excluding tert-OH is 1. The van der Waals surface area contributed by atoms with E-state index in [-0.39, 0.29) is 11.7 Å². The van der Waals surface area contributed by atoms with Crippen molar-refractivity contribution in [2.45, 2.75) is 63.6 Å². The molecule has 4 nitrogen and oxygen atoms in total. The van der Waals surface area contributed by atoms with E-state index in [0.29, 0.717) is 18.4 Å². The van der Waals surface area contributed by atoms with E-state index in [9.17, 15) is 15.0 Å². The van der Waals surface area contributed by atoms with Crippen LogP contribution in [0.25, 0.3) is 0 Å². The molecule has 0 unspecified atom stereocenters. The van der Waals surface area contributed by atoms with Gasteiger partial charge in [0.25, 0.3) is 0 Å². The van der Waals surface area contributed by atoms with Crippen LogP contribution in [0, 0.1) is 5.92 Å². The molecule has 0 heterocycles. The van der Waals surface area contributed by atoms with Gasteiger partial charge in [-0.15, -0.1) is 0 Å². The maximum atomic E-state index is 12.7. The van der Waals surface area contributed by atoms with Crippen molar-refractivity contribution in [3.05, 3.63) is 47.2 Å². The molecule has 3 atom stereocenters. The van der Waals surface area contributed by atoms with Crippen LogP contribution >= 0.6 is 0 Å². The topological polar surface area (TPSA) is 66.8 Å². The number of fused-ring (bicyclic) bond motifs is 2. The molecule has 0 spiro atoms. The number of carbonyl (C=O) groups is 1. The number of ether oxygens (including phenoxy) is 1. The van der Waals surface area contributed by atoms with Crippen LogP contribution in [0.15, 0.2) is 41.7 Å². The number of carbonyl (C=O) groups excluding carboxylic acids is 1. The first-order valence-corrected chi connectivity index (χ1v) is 8.65. The zero-order chi connectivity index (χ0) is 17.5. The van der Waals surface area contributed by atoms with Gasteiger partial charge in [0.1, 0.15) is 11.4 Å². The van der Waals surface area contributed by atoms with Gasteiger partial charge < -0.3 is 14.9 Å². The van der Waals surface area contributed by atoms with Crippen LogP contribution in [-0.2, 0) is 9.53 Å². The quantitative estimate of drug-likeness (QED) is 0.808. The maximum absolute atomic E-state index is 12.7. The van der Waals surface area contributed by atoms with Gasteiger partial charge in [-0.3, -0.25) is 0 Å². The molecule has 0 radical (unpaired) electrons. The van der Waals surface area contributed by atoms with Crippen LogP contribution in [0.4, 0.5) is 0 Å². The second-order valence-electron chi connectivity index (χ2n) is 8.04. The summed E-state index contributed by atoms with van der Waals surface area (Å²) in [5.74, 6) is -1.19. The average Bonchev–Trinajstić information content (AvgIpc) is 2.45. The lowest BCUT2D eigenvalue weighted by molar-refractivity contribution is -0.152. The SMILES string of the molecule is CC(C)(C)OC(=O)C1=C(O)[C@@H](c2ccccc2)[C@@]2(O)CCC[C@@H]1C2. The molecule has 0 aromatic heterocycles. The minimum Gasteiger partial charge on any atom is -0.511 e. The molecule has 2 aliphatic rings. The number of hydrogen-bond acceptors (Lipinski definition) is 4. The lowest BCUT2D eigenvalue weighted by atomic mass is 9.62. The fraction of sp³-hybridized carbons (Fsp3) is 0.550. The number of rotatable bonds is 2. The molecule has 1 fully saturated rings. The molecule has 2 aliphatic carbocycles. The van der Waals surface area contributed by atoms with Crippen molar-refractivity contribution in [2.24, 2.45) is 5.92 Å². The first kappa shape index (κ1) is 17.0. The van der Waals surface area contributed by atoms with Gasteiger partial charge in [0.15, 0.2) is 0 Å². The second kappa shape index (κ2) is 5.92. The van der Waals surface area contributed by atoms with E-state index in [0.717, 1.165) is 18.4 Å². The van der Waals surface area contributed by atoms with E-state index in [2.05, 4.69) is 0 Å². The monoisotopic (exact) mass is 330 g/mol. The molecule has 1 aromatic carbocycles. The Morgan fingerprint density at radius 3 is 2.54 bits per heavy atom. The lowest BCUT2D eigenvalue weighted by Crippen LogP contribution is -2.48. The summed E-state index contributed by atoms with van der Waals surface area (Å²) in [5, 5.41) is 22.1. The summed E-state index contributed by atoms with van der Waals surface area (Å²) in [5.41, 5.74) is -0.434. The molecule has 1 aromatic rings. The molecule has 0 amide bonds. The van der Waals surface area contributed by atoms with Gasteiger partial charge in [-0.25, -0.2) is 4.79 Å². The van der Waals surface area contributed by atoms with Crippen molar-refractivity contribution >= 4 is 5.97 Å². The van der Waals surface area contributed by atoms with Gasteiger partial charge in [-0.2, -0.15) is 0 Å². The van der Waals surface area contributed by atoms with Crippen molar-refractivity contribution in [2.75, 3.05) is 0 Å². The van der Waals surface area contributed by atoms with Crippen LogP contribution < -0.4 is 0 Å². The van der Waals surface area contributed by atoms with Crippen molar-refractivity contribution in [3.63, 3.8) is 0 Å². The van der Waals surface area contributed by atoms with Gasteiger partial charge in [0, 0.05) is 0 Å². The molecule has 2 N–H and O–H groups in total. The first-order chi connectivity index (χ1) is 11.2. The van der Waals surface area contributed by atoms with E-state index >= 15 is 0 Å². The Morgan fingerprint density at radius 1 is 1.25 bits per heavy atom.